The monoisotopic (exact) mass is 345 g/mol. The maximum absolute atomic E-state index is 12.1. The molecule has 0 saturated heterocycles. The van der Waals surface area contributed by atoms with Crippen molar-refractivity contribution in [2.45, 2.75) is 37.9 Å². The summed E-state index contributed by atoms with van der Waals surface area (Å²) in [6, 6.07) is 5.74. The van der Waals surface area contributed by atoms with Gasteiger partial charge in [0.15, 0.2) is 6.61 Å². The molecule has 1 aliphatic rings. The number of carboxylic acids is 1. The number of benzene rings is 1. The van der Waals surface area contributed by atoms with Gasteiger partial charge in [0, 0.05) is 6.04 Å². The molecule has 24 heavy (non-hydrogen) atoms. The highest BCUT2D eigenvalue weighted by Crippen LogP contribution is 2.26. The number of rotatable bonds is 6. The van der Waals surface area contributed by atoms with Crippen LogP contribution in [0.1, 0.15) is 24.8 Å². The summed E-state index contributed by atoms with van der Waals surface area (Å²) in [6.07, 6.45) is -2.89. The number of halogens is 3. The zero-order valence-electron chi connectivity index (χ0n) is 12.8. The van der Waals surface area contributed by atoms with E-state index in [0.717, 1.165) is 0 Å². The number of nitrogens with one attached hydrogen (secondary N) is 1. The molecule has 1 aromatic rings. The zero-order valence-corrected chi connectivity index (χ0v) is 12.8. The van der Waals surface area contributed by atoms with Crippen molar-refractivity contribution in [3.05, 3.63) is 29.8 Å². The second-order valence-corrected chi connectivity index (χ2v) is 5.84. The van der Waals surface area contributed by atoms with Gasteiger partial charge in [0.25, 0.3) is 0 Å². The number of carbonyl (C=O) groups excluding carboxylic acids is 1. The van der Waals surface area contributed by atoms with Gasteiger partial charge in [-0.15, -0.1) is 0 Å². The van der Waals surface area contributed by atoms with Gasteiger partial charge in [0.2, 0.25) is 5.91 Å². The van der Waals surface area contributed by atoms with Gasteiger partial charge < -0.3 is 15.2 Å². The Morgan fingerprint density at radius 1 is 1.29 bits per heavy atom. The van der Waals surface area contributed by atoms with Crippen molar-refractivity contribution in [3.8, 4) is 5.75 Å². The third-order valence-electron chi connectivity index (χ3n) is 3.81. The summed E-state index contributed by atoms with van der Waals surface area (Å²) in [4.78, 5) is 22.9. The Balaban J connectivity index is 1.84. The lowest BCUT2D eigenvalue weighted by Crippen LogP contribution is -2.34. The first-order chi connectivity index (χ1) is 11.2. The van der Waals surface area contributed by atoms with E-state index >= 15 is 0 Å². The molecular formula is C16H18F3NO4. The molecule has 0 aliphatic heterocycles. The summed E-state index contributed by atoms with van der Waals surface area (Å²) in [5, 5.41) is 11.7. The smallest absolute Gasteiger partial charge is 0.422 e. The van der Waals surface area contributed by atoms with E-state index in [-0.39, 0.29) is 24.1 Å². The number of hydrogen-bond donors (Lipinski definition) is 2. The first-order valence-corrected chi connectivity index (χ1v) is 7.53. The van der Waals surface area contributed by atoms with Crippen LogP contribution in [0.3, 0.4) is 0 Å². The van der Waals surface area contributed by atoms with E-state index in [2.05, 4.69) is 10.1 Å². The lowest BCUT2D eigenvalue weighted by atomic mass is 10.1. The van der Waals surface area contributed by atoms with E-state index in [1.54, 1.807) is 6.07 Å². The zero-order chi connectivity index (χ0) is 17.7. The fraction of sp³-hybridized carbons (Fsp3) is 0.500. The summed E-state index contributed by atoms with van der Waals surface area (Å²) in [5.74, 6) is -1.54. The van der Waals surface area contributed by atoms with Gasteiger partial charge in [0.05, 0.1) is 12.3 Å². The average Bonchev–Trinajstić information content (AvgIpc) is 2.93. The first-order valence-electron chi connectivity index (χ1n) is 7.53. The predicted octanol–water partition coefficient (Wildman–Crippen LogP) is 2.54. The highest BCUT2D eigenvalue weighted by Gasteiger charge is 2.30. The standard InChI is InChI=1S/C16H18F3NO4/c17-16(18,19)9-24-13-3-1-2-10(6-13)7-14(21)20-12-5-4-11(8-12)15(22)23/h1-3,6,11-12H,4-5,7-9H2,(H,20,21)(H,22,23)/t11-,12+/m0/s1. The summed E-state index contributed by atoms with van der Waals surface area (Å²) in [5.41, 5.74) is 0.528. The van der Waals surface area contributed by atoms with Crippen molar-refractivity contribution in [2.24, 2.45) is 5.92 Å². The van der Waals surface area contributed by atoms with Gasteiger partial charge in [0.1, 0.15) is 5.75 Å². The van der Waals surface area contributed by atoms with Crippen LogP contribution in [0, 0.1) is 5.92 Å². The van der Waals surface area contributed by atoms with Gasteiger partial charge in [-0.25, -0.2) is 0 Å². The van der Waals surface area contributed by atoms with Crippen molar-refractivity contribution in [1.29, 1.82) is 0 Å². The van der Waals surface area contributed by atoms with Crippen molar-refractivity contribution in [2.75, 3.05) is 6.61 Å². The molecule has 1 fully saturated rings. The van der Waals surface area contributed by atoms with E-state index in [1.807, 2.05) is 0 Å². The third-order valence-corrected chi connectivity index (χ3v) is 3.81. The minimum atomic E-state index is -4.42. The van der Waals surface area contributed by atoms with Crippen LogP contribution in [0.5, 0.6) is 5.75 Å². The lowest BCUT2D eigenvalue weighted by molar-refractivity contribution is -0.153. The maximum Gasteiger partial charge on any atom is 0.422 e. The number of aliphatic carboxylic acids is 1. The summed E-state index contributed by atoms with van der Waals surface area (Å²) in [6.45, 7) is -1.39. The molecule has 0 unspecified atom stereocenters. The van der Waals surface area contributed by atoms with Crippen molar-refractivity contribution < 1.29 is 32.6 Å². The minimum absolute atomic E-state index is 0.00252. The van der Waals surface area contributed by atoms with Crippen LogP contribution in [0.15, 0.2) is 24.3 Å². The molecule has 1 aliphatic carbocycles. The van der Waals surface area contributed by atoms with Gasteiger partial charge in [-0.05, 0) is 37.0 Å². The Hall–Kier alpha value is -2.25. The predicted molar refractivity (Wildman–Crippen MR) is 78.6 cm³/mol. The Kier molecular flexibility index (Phi) is 5.69. The normalized spacial score (nSPS) is 20.6. The van der Waals surface area contributed by atoms with Crippen LogP contribution in [-0.2, 0) is 16.0 Å². The maximum atomic E-state index is 12.1. The minimum Gasteiger partial charge on any atom is -0.484 e. The van der Waals surface area contributed by atoms with E-state index in [9.17, 15) is 22.8 Å². The van der Waals surface area contributed by atoms with Crippen molar-refractivity contribution in [1.82, 2.24) is 5.32 Å². The molecule has 1 saturated carbocycles. The van der Waals surface area contributed by atoms with Gasteiger partial charge in [-0.2, -0.15) is 13.2 Å². The number of alkyl halides is 3. The SMILES string of the molecule is O=C(Cc1cccc(OCC(F)(F)F)c1)N[C@@H]1CC[C@H](C(=O)O)C1. The number of carboxylic acid groups (broad SMARTS) is 1. The molecule has 2 rings (SSSR count). The second-order valence-electron chi connectivity index (χ2n) is 5.84. The second kappa shape index (κ2) is 7.55. The third kappa shape index (κ3) is 5.75. The van der Waals surface area contributed by atoms with E-state index in [1.165, 1.54) is 18.2 Å². The molecule has 0 spiro atoms. The molecule has 0 radical (unpaired) electrons. The van der Waals surface area contributed by atoms with Crippen LogP contribution in [-0.4, -0.2) is 35.8 Å². The fourth-order valence-electron chi connectivity index (χ4n) is 2.71. The summed E-state index contributed by atoms with van der Waals surface area (Å²) < 4.78 is 41.1. The Bertz CT molecular complexity index is 603. The van der Waals surface area contributed by atoms with Gasteiger partial charge in [-0.3, -0.25) is 9.59 Å². The molecular weight excluding hydrogens is 327 g/mol. The Morgan fingerprint density at radius 2 is 2.04 bits per heavy atom. The molecule has 5 nitrogen and oxygen atoms in total. The lowest BCUT2D eigenvalue weighted by Gasteiger charge is -2.13. The quantitative estimate of drug-likeness (QED) is 0.831. The van der Waals surface area contributed by atoms with E-state index in [4.69, 9.17) is 5.11 Å². The number of ether oxygens (including phenoxy) is 1. The van der Waals surface area contributed by atoms with Gasteiger partial charge >= 0.3 is 12.1 Å². The van der Waals surface area contributed by atoms with E-state index in [0.29, 0.717) is 24.8 Å². The molecule has 2 N–H and O–H groups in total. The molecule has 0 bridgehead atoms. The highest BCUT2D eigenvalue weighted by molar-refractivity contribution is 5.79. The molecule has 8 heteroatoms. The van der Waals surface area contributed by atoms with Crippen molar-refractivity contribution in [3.63, 3.8) is 0 Å². The molecule has 0 heterocycles. The summed E-state index contributed by atoms with van der Waals surface area (Å²) in [7, 11) is 0. The molecule has 132 valence electrons. The van der Waals surface area contributed by atoms with Crippen LogP contribution in [0.2, 0.25) is 0 Å². The van der Waals surface area contributed by atoms with Crippen LogP contribution < -0.4 is 10.1 Å². The molecule has 2 atom stereocenters. The number of hydrogen-bond acceptors (Lipinski definition) is 3. The van der Waals surface area contributed by atoms with Crippen LogP contribution in [0.4, 0.5) is 13.2 Å². The average molecular weight is 345 g/mol. The van der Waals surface area contributed by atoms with E-state index < -0.39 is 24.7 Å². The summed E-state index contributed by atoms with van der Waals surface area (Å²) >= 11 is 0. The Labute approximate surface area is 136 Å². The van der Waals surface area contributed by atoms with Crippen LogP contribution in [0.25, 0.3) is 0 Å². The van der Waals surface area contributed by atoms with Gasteiger partial charge in [-0.1, -0.05) is 12.1 Å². The fourth-order valence-corrected chi connectivity index (χ4v) is 2.71. The Morgan fingerprint density at radius 3 is 2.67 bits per heavy atom. The molecule has 1 amide bonds. The molecule has 1 aromatic carbocycles. The molecule has 0 aromatic heterocycles. The topological polar surface area (TPSA) is 75.6 Å². The van der Waals surface area contributed by atoms with Crippen LogP contribution >= 0.6 is 0 Å². The largest absolute Gasteiger partial charge is 0.484 e. The highest BCUT2D eigenvalue weighted by atomic mass is 19.4. The number of amides is 1. The number of carbonyl (C=O) groups is 2. The van der Waals surface area contributed by atoms with Crippen molar-refractivity contribution >= 4 is 11.9 Å². The first kappa shape index (κ1) is 18.1.